The van der Waals surface area contributed by atoms with Gasteiger partial charge >= 0.3 is 5.97 Å². The molecule has 0 spiro atoms. The average molecular weight is 302 g/mol. The summed E-state index contributed by atoms with van der Waals surface area (Å²) in [4.78, 5) is 14.1. The highest BCUT2D eigenvalue weighted by molar-refractivity contribution is 6.30. The molecule has 2 rings (SSSR count). The smallest absolute Gasteiger partial charge is 0.313 e. The molecule has 6 heteroatoms. The predicted molar refractivity (Wildman–Crippen MR) is 80.3 cm³/mol. The summed E-state index contributed by atoms with van der Waals surface area (Å²) in [5.41, 5.74) is 10.1. The minimum atomic E-state index is -1.22. The summed E-state index contributed by atoms with van der Waals surface area (Å²) >= 11 is 5.87. The summed E-state index contributed by atoms with van der Waals surface area (Å²) < 4.78 is 0. The van der Waals surface area contributed by atoms with Gasteiger partial charge in [-0.2, -0.15) is 0 Å². The van der Waals surface area contributed by atoms with Gasteiger partial charge in [-0.3, -0.25) is 4.79 Å². The van der Waals surface area contributed by atoms with Crippen molar-refractivity contribution >= 4 is 17.6 Å². The fourth-order valence-electron chi connectivity index (χ4n) is 2.20. The van der Waals surface area contributed by atoms with Crippen LogP contribution in [0.2, 0.25) is 5.02 Å². The van der Waals surface area contributed by atoms with Crippen LogP contribution in [-0.2, 0) is 4.79 Å². The van der Waals surface area contributed by atoms with Crippen molar-refractivity contribution in [3.63, 3.8) is 0 Å². The van der Waals surface area contributed by atoms with Gasteiger partial charge in [-0.1, -0.05) is 59.2 Å². The maximum Gasteiger partial charge on any atom is 0.313 e. The Balaban J connectivity index is 2.55. The van der Waals surface area contributed by atoms with Crippen molar-refractivity contribution in [2.45, 2.75) is 12.0 Å². The maximum absolute atomic E-state index is 11.5. The Morgan fingerprint density at radius 3 is 2.19 bits per heavy atom. The number of hydrogen-bond donors (Lipinski definition) is 1. The van der Waals surface area contributed by atoms with E-state index in [4.69, 9.17) is 17.1 Å². The van der Waals surface area contributed by atoms with Gasteiger partial charge in [-0.25, -0.2) is 0 Å². The third-order valence-electron chi connectivity index (χ3n) is 3.13. The minimum absolute atomic E-state index is 0.557. The van der Waals surface area contributed by atoms with E-state index in [1.807, 2.05) is 30.3 Å². The first-order chi connectivity index (χ1) is 10.1. The quantitative estimate of drug-likeness (QED) is 0.509. The van der Waals surface area contributed by atoms with Crippen molar-refractivity contribution in [3.05, 3.63) is 81.2 Å². The van der Waals surface area contributed by atoms with Gasteiger partial charge in [0.15, 0.2) is 0 Å². The second-order valence-electron chi connectivity index (χ2n) is 4.43. The second kappa shape index (κ2) is 6.79. The number of aliphatic carboxylic acids is 1. The molecule has 0 aromatic heterocycles. The van der Waals surface area contributed by atoms with Crippen molar-refractivity contribution in [1.29, 1.82) is 0 Å². The molecule has 1 N–H and O–H groups in total. The topological polar surface area (TPSA) is 86.1 Å². The van der Waals surface area contributed by atoms with E-state index in [1.54, 1.807) is 24.3 Å². The fourth-order valence-corrected chi connectivity index (χ4v) is 2.33. The van der Waals surface area contributed by atoms with Gasteiger partial charge in [-0.05, 0) is 28.8 Å². The van der Waals surface area contributed by atoms with E-state index in [0.29, 0.717) is 5.02 Å². The average Bonchev–Trinajstić information content (AvgIpc) is 2.49. The van der Waals surface area contributed by atoms with Crippen LogP contribution in [0.15, 0.2) is 59.7 Å². The van der Waals surface area contributed by atoms with Gasteiger partial charge in [0.05, 0.1) is 0 Å². The molecule has 0 amide bonds. The molecule has 0 unspecified atom stereocenters. The number of halogens is 1. The van der Waals surface area contributed by atoms with Crippen LogP contribution in [0, 0.1) is 0 Å². The monoisotopic (exact) mass is 301 g/mol. The predicted octanol–water partition coefficient (Wildman–Crippen LogP) is 4.24. The molecular weight excluding hydrogens is 290 g/mol. The number of carbonyl (C=O) groups is 1. The van der Waals surface area contributed by atoms with Crippen molar-refractivity contribution in [1.82, 2.24) is 0 Å². The Hall–Kier alpha value is -2.49. The molecular formula is C15H12ClN3O2. The van der Waals surface area contributed by atoms with Gasteiger partial charge < -0.3 is 5.11 Å². The third kappa shape index (κ3) is 3.54. The molecule has 0 saturated heterocycles. The molecule has 0 heterocycles. The molecule has 0 aliphatic carbocycles. The third-order valence-corrected chi connectivity index (χ3v) is 3.38. The summed E-state index contributed by atoms with van der Waals surface area (Å²) in [7, 11) is 0. The van der Waals surface area contributed by atoms with Gasteiger partial charge in [0.25, 0.3) is 0 Å². The Bertz CT molecular complexity index is 665. The zero-order valence-corrected chi connectivity index (χ0v) is 11.7. The molecule has 0 radical (unpaired) electrons. The summed E-state index contributed by atoms with van der Waals surface area (Å²) in [6, 6.07) is 14.7. The van der Waals surface area contributed by atoms with E-state index >= 15 is 0 Å². The zero-order valence-electron chi connectivity index (χ0n) is 10.9. The Morgan fingerprint density at radius 2 is 1.67 bits per heavy atom. The Kier molecular flexibility index (Phi) is 4.82. The van der Waals surface area contributed by atoms with E-state index in [-0.39, 0.29) is 0 Å². The van der Waals surface area contributed by atoms with Crippen LogP contribution in [0.25, 0.3) is 10.4 Å². The van der Waals surface area contributed by atoms with Crippen molar-refractivity contribution in [2.24, 2.45) is 5.11 Å². The number of carboxylic acids is 1. The van der Waals surface area contributed by atoms with Crippen LogP contribution in [-0.4, -0.2) is 17.1 Å². The summed E-state index contributed by atoms with van der Waals surface area (Å²) in [6.07, 6.45) is 0. The molecule has 21 heavy (non-hydrogen) atoms. The molecule has 2 aromatic rings. The van der Waals surface area contributed by atoms with Crippen LogP contribution in [0.5, 0.6) is 0 Å². The lowest BCUT2D eigenvalue weighted by molar-refractivity contribution is -0.138. The standard InChI is InChI=1S/C15H12ClN3O2/c16-12-8-6-11(7-9-12)13(10-4-2-1-3-5-10)14(15(20)21)18-19-17/h1-9,13-14H,(H,20,21)/t13-,14+/m1/s1. The molecule has 0 aliphatic heterocycles. The highest BCUT2D eigenvalue weighted by Crippen LogP contribution is 2.31. The van der Waals surface area contributed by atoms with E-state index in [9.17, 15) is 9.90 Å². The zero-order chi connectivity index (χ0) is 15.2. The summed E-state index contributed by atoms with van der Waals surface area (Å²) in [6.45, 7) is 0. The number of rotatable bonds is 5. The molecule has 0 bridgehead atoms. The minimum Gasteiger partial charge on any atom is -0.481 e. The molecule has 2 atom stereocenters. The van der Waals surface area contributed by atoms with Crippen LogP contribution in [0.4, 0.5) is 0 Å². The normalized spacial score (nSPS) is 13.0. The van der Waals surface area contributed by atoms with Crippen LogP contribution in [0.3, 0.4) is 0 Å². The van der Waals surface area contributed by atoms with Gasteiger partial charge in [0.1, 0.15) is 6.04 Å². The number of nitrogens with zero attached hydrogens (tertiary/aromatic N) is 3. The Labute approximate surface area is 126 Å². The first-order valence-electron chi connectivity index (χ1n) is 6.21. The van der Waals surface area contributed by atoms with Crippen LogP contribution < -0.4 is 0 Å². The second-order valence-corrected chi connectivity index (χ2v) is 4.86. The number of carboxylic acid groups (broad SMARTS) is 1. The molecule has 0 aliphatic rings. The van der Waals surface area contributed by atoms with Crippen molar-refractivity contribution in [2.75, 3.05) is 0 Å². The number of hydrogen-bond acceptors (Lipinski definition) is 2. The fraction of sp³-hybridized carbons (Fsp3) is 0.133. The molecule has 0 fully saturated rings. The Morgan fingerprint density at radius 1 is 1.10 bits per heavy atom. The number of benzene rings is 2. The lowest BCUT2D eigenvalue weighted by Gasteiger charge is -2.21. The number of azide groups is 1. The molecule has 5 nitrogen and oxygen atoms in total. The van der Waals surface area contributed by atoms with E-state index in [2.05, 4.69) is 10.0 Å². The SMILES string of the molecule is [N-]=[N+]=N[C@H](C(=O)O)[C@H](c1ccccc1)c1ccc(Cl)cc1. The van der Waals surface area contributed by atoms with E-state index in [1.165, 1.54) is 0 Å². The van der Waals surface area contributed by atoms with Crippen molar-refractivity contribution < 1.29 is 9.90 Å². The van der Waals surface area contributed by atoms with E-state index in [0.717, 1.165) is 11.1 Å². The van der Waals surface area contributed by atoms with Gasteiger partial charge in [0, 0.05) is 15.9 Å². The molecule has 2 aromatic carbocycles. The summed E-state index contributed by atoms with van der Waals surface area (Å²) in [5, 5.41) is 13.4. The largest absolute Gasteiger partial charge is 0.481 e. The lowest BCUT2D eigenvalue weighted by Crippen LogP contribution is -2.26. The highest BCUT2D eigenvalue weighted by Gasteiger charge is 2.29. The molecule has 106 valence electrons. The lowest BCUT2D eigenvalue weighted by atomic mass is 9.85. The highest BCUT2D eigenvalue weighted by atomic mass is 35.5. The summed E-state index contributed by atoms with van der Waals surface area (Å²) in [5.74, 6) is -1.74. The van der Waals surface area contributed by atoms with Crippen LogP contribution in [0.1, 0.15) is 17.0 Å². The van der Waals surface area contributed by atoms with Gasteiger partial charge in [-0.15, -0.1) is 0 Å². The molecule has 0 saturated carbocycles. The van der Waals surface area contributed by atoms with Crippen molar-refractivity contribution in [3.8, 4) is 0 Å². The first-order valence-corrected chi connectivity index (χ1v) is 6.58. The van der Waals surface area contributed by atoms with Gasteiger partial charge in [0.2, 0.25) is 0 Å². The maximum atomic E-state index is 11.5. The van der Waals surface area contributed by atoms with E-state index < -0.39 is 17.9 Å². The van der Waals surface area contributed by atoms with Crippen LogP contribution >= 0.6 is 11.6 Å². The first kappa shape index (κ1) is 14.9.